The minimum Gasteiger partial charge on any atom is -0.493 e. The van der Waals surface area contributed by atoms with Crippen molar-refractivity contribution in [2.75, 3.05) is 34.4 Å². The predicted molar refractivity (Wildman–Crippen MR) is 118 cm³/mol. The molecule has 0 spiro atoms. The number of nitrogens with one attached hydrogen (secondary N) is 2. The third-order valence-corrected chi connectivity index (χ3v) is 5.89. The van der Waals surface area contributed by atoms with E-state index in [2.05, 4.69) is 27.7 Å². The fourth-order valence-electron chi connectivity index (χ4n) is 4.29. The summed E-state index contributed by atoms with van der Waals surface area (Å²) >= 11 is 0. The number of urea groups is 1. The van der Waals surface area contributed by atoms with Gasteiger partial charge < -0.3 is 24.8 Å². The van der Waals surface area contributed by atoms with Crippen molar-refractivity contribution < 1.29 is 23.8 Å². The Morgan fingerprint density at radius 2 is 1.81 bits per heavy atom. The molecule has 0 unspecified atom stereocenters. The first kappa shape index (κ1) is 21.7. The first-order valence-electron chi connectivity index (χ1n) is 10.4. The fourth-order valence-corrected chi connectivity index (χ4v) is 4.29. The van der Waals surface area contributed by atoms with Gasteiger partial charge in [0.15, 0.2) is 11.5 Å². The number of fused-ring (bicyclic) bond motifs is 1. The highest BCUT2D eigenvalue weighted by atomic mass is 16.5. The number of esters is 1. The molecule has 2 aromatic carbocycles. The minimum atomic E-state index is -0.678. The molecule has 2 amide bonds. The molecule has 0 saturated heterocycles. The first-order chi connectivity index (χ1) is 15.5. The number of benzene rings is 2. The van der Waals surface area contributed by atoms with Gasteiger partial charge in [0, 0.05) is 25.3 Å². The van der Waals surface area contributed by atoms with Gasteiger partial charge in [-0.2, -0.15) is 0 Å². The van der Waals surface area contributed by atoms with Crippen LogP contribution in [0.25, 0.3) is 0 Å². The van der Waals surface area contributed by atoms with E-state index in [0.29, 0.717) is 34.9 Å². The van der Waals surface area contributed by atoms with E-state index in [4.69, 9.17) is 14.2 Å². The van der Waals surface area contributed by atoms with Gasteiger partial charge in [0.25, 0.3) is 0 Å². The molecule has 0 fully saturated rings. The van der Waals surface area contributed by atoms with Crippen LogP contribution < -0.4 is 20.1 Å². The van der Waals surface area contributed by atoms with E-state index in [9.17, 15) is 9.59 Å². The SMILES string of the molecule is COC(=O)C1=C(CN2CCc3ccccc3C2)NC(=O)N[C@@H]1c1ccc(OC)c(OC)c1. The van der Waals surface area contributed by atoms with Gasteiger partial charge in [-0.05, 0) is 35.2 Å². The summed E-state index contributed by atoms with van der Waals surface area (Å²) in [6.07, 6.45) is 0.919. The Bertz CT molecular complexity index is 1070. The van der Waals surface area contributed by atoms with E-state index in [0.717, 1.165) is 19.5 Å². The molecule has 2 N–H and O–H groups in total. The second kappa shape index (κ2) is 9.32. The van der Waals surface area contributed by atoms with Gasteiger partial charge in [-0.15, -0.1) is 0 Å². The number of rotatable bonds is 6. The van der Waals surface area contributed by atoms with E-state index >= 15 is 0 Å². The van der Waals surface area contributed by atoms with Crippen molar-refractivity contribution in [1.29, 1.82) is 0 Å². The summed E-state index contributed by atoms with van der Waals surface area (Å²) in [5.41, 5.74) is 4.21. The monoisotopic (exact) mass is 437 g/mol. The van der Waals surface area contributed by atoms with Gasteiger partial charge in [0.05, 0.1) is 32.9 Å². The standard InChI is InChI=1S/C24H27N3O5/c1-30-19-9-8-16(12-20(19)31-2)22-21(23(28)32-3)18(25-24(29)26-22)14-27-11-10-15-6-4-5-7-17(15)13-27/h4-9,12,22H,10-11,13-14H2,1-3H3,(H2,25,26,29)/t22-/m1/s1. The summed E-state index contributed by atoms with van der Waals surface area (Å²) < 4.78 is 15.8. The number of hydrogen-bond donors (Lipinski definition) is 2. The third-order valence-electron chi connectivity index (χ3n) is 5.89. The van der Waals surface area contributed by atoms with Crippen LogP contribution in [0.4, 0.5) is 4.79 Å². The number of carbonyl (C=O) groups excluding carboxylic acids is 2. The summed E-state index contributed by atoms with van der Waals surface area (Å²) in [7, 11) is 4.43. The highest BCUT2D eigenvalue weighted by Crippen LogP contribution is 2.34. The number of hydrogen-bond acceptors (Lipinski definition) is 6. The van der Waals surface area contributed by atoms with Gasteiger partial charge in [-0.1, -0.05) is 30.3 Å². The van der Waals surface area contributed by atoms with E-state index in [-0.39, 0.29) is 6.03 Å². The largest absolute Gasteiger partial charge is 0.493 e. The van der Waals surface area contributed by atoms with Crippen LogP contribution in [0.15, 0.2) is 53.7 Å². The second-order valence-corrected chi connectivity index (χ2v) is 7.76. The average Bonchev–Trinajstić information content (AvgIpc) is 2.82. The summed E-state index contributed by atoms with van der Waals surface area (Å²) in [6, 6.07) is 12.6. The molecule has 1 atom stereocenters. The molecule has 2 aromatic rings. The van der Waals surface area contributed by atoms with E-state index in [1.165, 1.54) is 18.2 Å². The van der Waals surface area contributed by atoms with Crippen molar-refractivity contribution in [3.8, 4) is 11.5 Å². The molecule has 0 aromatic heterocycles. The van der Waals surface area contributed by atoms with Crippen molar-refractivity contribution in [1.82, 2.24) is 15.5 Å². The number of ether oxygens (including phenoxy) is 3. The Morgan fingerprint density at radius 3 is 2.53 bits per heavy atom. The van der Waals surface area contributed by atoms with Crippen molar-refractivity contribution in [3.63, 3.8) is 0 Å². The van der Waals surface area contributed by atoms with E-state index in [1.807, 2.05) is 12.1 Å². The zero-order chi connectivity index (χ0) is 22.7. The molecule has 2 heterocycles. The smallest absolute Gasteiger partial charge is 0.338 e. The summed E-state index contributed by atoms with van der Waals surface area (Å²) in [4.78, 5) is 27.6. The van der Waals surface area contributed by atoms with Crippen LogP contribution >= 0.6 is 0 Å². The zero-order valence-corrected chi connectivity index (χ0v) is 18.4. The van der Waals surface area contributed by atoms with E-state index in [1.54, 1.807) is 32.4 Å². The van der Waals surface area contributed by atoms with Gasteiger partial charge in [-0.25, -0.2) is 9.59 Å². The molecule has 8 nitrogen and oxygen atoms in total. The van der Waals surface area contributed by atoms with Crippen LogP contribution in [-0.2, 0) is 22.5 Å². The lowest BCUT2D eigenvalue weighted by Crippen LogP contribution is -2.48. The Balaban J connectivity index is 1.69. The van der Waals surface area contributed by atoms with E-state index < -0.39 is 12.0 Å². The summed E-state index contributed by atoms with van der Waals surface area (Å²) in [5, 5.41) is 5.68. The number of amides is 2. The van der Waals surface area contributed by atoms with Crippen molar-refractivity contribution in [2.24, 2.45) is 0 Å². The maximum absolute atomic E-state index is 12.8. The Kier molecular flexibility index (Phi) is 6.32. The normalized spacial score (nSPS) is 18.3. The van der Waals surface area contributed by atoms with Gasteiger partial charge in [0.2, 0.25) is 0 Å². The molecule has 8 heteroatoms. The van der Waals surface area contributed by atoms with Gasteiger partial charge in [-0.3, -0.25) is 4.90 Å². The van der Waals surface area contributed by atoms with Crippen LogP contribution in [0.3, 0.4) is 0 Å². The molecule has 0 saturated carbocycles. The highest BCUT2D eigenvalue weighted by molar-refractivity contribution is 5.95. The van der Waals surface area contributed by atoms with Crippen LogP contribution in [0.5, 0.6) is 11.5 Å². The highest BCUT2D eigenvalue weighted by Gasteiger charge is 2.35. The van der Waals surface area contributed by atoms with Gasteiger partial charge >= 0.3 is 12.0 Å². The van der Waals surface area contributed by atoms with Crippen molar-refractivity contribution in [2.45, 2.75) is 19.0 Å². The summed E-state index contributed by atoms with van der Waals surface area (Å²) in [5.74, 6) is 0.577. The number of methoxy groups -OCH3 is 3. The Morgan fingerprint density at radius 1 is 1.06 bits per heavy atom. The van der Waals surface area contributed by atoms with Gasteiger partial charge in [0.1, 0.15) is 0 Å². The molecular formula is C24H27N3O5. The molecule has 0 bridgehead atoms. The molecule has 32 heavy (non-hydrogen) atoms. The first-order valence-corrected chi connectivity index (χ1v) is 10.4. The number of nitrogens with zero attached hydrogens (tertiary/aromatic N) is 1. The molecular weight excluding hydrogens is 410 g/mol. The average molecular weight is 437 g/mol. The molecule has 4 rings (SSSR count). The molecule has 0 aliphatic carbocycles. The lowest BCUT2D eigenvalue weighted by atomic mass is 9.94. The van der Waals surface area contributed by atoms with Crippen LogP contribution in [0.2, 0.25) is 0 Å². The zero-order valence-electron chi connectivity index (χ0n) is 18.4. The van der Waals surface area contributed by atoms with Crippen molar-refractivity contribution >= 4 is 12.0 Å². The minimum absolute atomic E-state index is 0.371. The lowest BCUT2D eigenvalue weighted by molar-refractivity contribution is -0.136. The molecule has 0 radical (unpaired) electrons. The Labute approximate surface area is 187 Å². The molecule has 168 valence electrons. The maximum Gasteiger partial charge on any atom is 0.338 e. The van der Waals surface area contributed by atoms with Crippen LogP contribution in [0, 0.1) is 0 Å². The van der Waals surface area contributed by atoms with Crippen LogP contribution in [0.1, 0.15) is 22.7 Å². The second-order valence-electron chi connectivity index (χ2n) is 7.76. The third kappa shape index (κ3) is 4.27. The quantitative estimate of drug-likeness (QED) is 0.676. The number of carbonyl (C=O) groups is 2. The Hall–Kier alpha value is -3.52. The lowest BCUT2D eigenvalue weighted by Gasteiger charge is -2.34. The topological polar surface area (TPSA) is 89.1 Å². The van der Waals surface area contributed by atoms with Crippen molar-refractivity contribution in [3.05, 3.63) is 70.4 Å². The summed E-state index contributed by atoms with van der Waals surface area (Å²) in [6.45, 7) is 2.01. The maximum atomic E-state index is 12.8. The molecule has 2 aliphatic rings. The predicted octanol–water partition coefficient (Wildman–Crippen LogP) is 2.54. The fraction of sp³-hybridized carbons (Fsp3) is 0.333. The molecule has 2 aliphatic heterocycles. The van der Waals surface area contributed by atoms with Crippen LogP contribution in [-0.4, -0.2) is 51.3 Å².